The molecule has 1 aliphatic rings. The first-order valence-electron chi connectivity index (χ1n) is 8.20. The molecule has 8 heteroatoms. The highest BCUT2D eigenvalue weighted by Gasteiger charge is 2.23. The van der Waals surface area contributed by atoms with Crippen molar-refractivity contribution in [2.75, 3.05) is 30.9 Å². The maximum absolute atomic E-state index is 12.4. The Kier molecular flexibility index (Phi) is 5.96. The van der Waals surface area contributed by atoms with E-state index in [1.807, 2.05) is 30.3 Å². The maximum atomic E-state index is 12.4. The van der Waals surface area contributed by atoms with Crippen molar-refractivity contribution in [2.24, 2.45) is 0 Å². The van der Waals surface area contributed by atoms with Crippen LogP contribution in [0.5, 0.6) is 5.75 Å². The highest BCUT2D eigenvalue weighted by atomic mass is 32.2. The molecule has 26 heavy (non-hydrogen) atoms. The normalized spacial score (nSPS) is 12.9. The Morgan fingerprint density at radius 3 is 2.81 bits per heavy atom. The van der Waals surface area contributed by atoms with E-state index in [1.165, 1.54) is 0 Å². The minimum absolute atomic E-state index is 0.0752. The molecule has 1 aromatic carbocycles. The van der Waals surface area contributed by atoms with E-state index in [-0.39, 0.29) is 18.5 Å². The fraction of sp³-hybridized carbons (Fsp3) is 0.278. The van der Waals surface area contributed by atoms with Gasteiger partial charge in [-0.2, -0.15) is 0 Å². The number of carbonyl (C=O) groups is 2. The molecule has 0 aliphatic carbocycles. The number of amides is 3. The first kappa shape index (κ1) is 18.1. The van der Waals surface area contributed by atoms with Crippen molar-refractivity contribution < 1.29 is 14.3 Å². The number of anilines is 1. The molecule has 3 rings (SSSR count). The van der Waals surface area contributed by atoms with E-state index in [1.54, 1.807) is 36.0 Å². The third kappa shape index (κ3) is 4.45. The molecular formula is C18H20N4O3S. The fourth-order valence-corrected chi connectivity index (χ4v) is 3.45. The highest BCUT2D eigenvalue weighted by Crippen LogP contribution is 2.32. The summed E-state index contributed by atoms with van der Waals surface area (Å²) in [6.07, 6.45) is 1.71. The van der Waals surface area contributed by atoms with Gasteiger partial charge < -0.3 is 15.4 Å². The molecule has 1 aliphatic heterocycles. The lowest BCUT2D eigenvalue weighted by Gasteiger charge is -2.28. The molecule has 1 aromatic heterocycles. The SMILES string of the molecule is COc1ccc(CNC(=O)CNC(=O)N2CCSc3ncccc32)cc1. The number of benzene rings is 1. The number of rotatable bonds is 5. The van der Waals surface area contributed by atoms with Gasteiger partial charge in [0.15, 0.2) is 0 Å². The van der Waals surface area contributed by atoms with Crippen molar-refractivity contribution in [3.8, 4) is 5.75 Å². The van der Waals surface area contributed by atoms with Gasteiger partial charge in [0.2, 0.25) is 5.91 Å². The second kappa shape index (κ2) is 8.57. The molecule has 136 valence electrons. The first-order chi connectivity index (χ1) is 12.7. The summed E-state index contributed by atoms with van der Waals surface area (Å²) in [6.45, 7) is 0.905. The lowest BCUT2D eigenvalue weighted by Crippen LogP contribution is -2.46. The first-order valence-corrected chi connectivity index (χ1v) is 9.19. The second-order valence-corrected chi connectivity index (χ2v) is 6.69. The van der Waals surface area contributed by atoms with Crippen molar-refractivity contribution in [3.63, 3.8) is 0 Å². The lowest BCUT2D eigenvalue weighted by atomic mass is 10.2. The van der Waals surface area contributed by atoms with Gasteiger partial charge in [0.05, 0.1) is 19.3 Å². The molecule has 7 nitrogen and oxygen atoms in total. The zero-order chi connectivity index (χ0) is 18.4. The van der Waals surface area contributed by atoms with Gasteiger partial charge in [-0.15, -0.1) is 11.8 Å². The van der Waals surface area contributed by atoms with Crippen LogP contribution in [0.1, 0.15) is 5.56 Å². The molecule has 0 saturated heterocycles. The van der Waals surface area contributed by atoms with Crippen LogP contribution in [0.4, 0.5) is 10.5 Å². The van der Waals surface area contributed by atoms with Crippen LogP contribution in [0.3, 0.4) is 0 Å². The van der Waals surface area contributed by atoms with Gasteiger partial charge in [0.25, 0.3) is 0 Å². The second-order valence-electron chi connectivity index (χ2n) is 5.61. The predicted molar refractivity (Wildman–Crippen MR) is 101 cm³/mol. The zero-order valence-electron chi connectivity index (χ0n) is 14.4. The zero-order valence-corrected chi connectivity index (χ0v) is 15.2. The molecule has 0 saturated carbocycles. The number of aromatic nitrogens is 1. The Hall–Kier alpha value is -2.74. The fourth-order valence-electron chi connectivity index (χ4n) is 2.52. The third-order valence-electron chi connectivity index (χ3n) is 3.89. The molecular weight excluding hydrogens is 352 g/mol. The van der Waals surface area contributed by atoms with E-state index in [4.69, 9.17) is 4.74 Å². The number of nitrogens with one attached hydrogen (secondary N) is 2. The average molecular weight is 372 g/mol. The molecule has 0 unspecified atom stereocenters. The van der Waals surface area contributed by atoms with Gasteiger partial charge in [-0.1, -0.05) is 12.1 Å². The molecule has 2 heterocycles. The summed E-state index contributed by atoms with van der Waals surface area (Å²) < 4.78 is 5.10. The van der Waals surface area contributed by atoms with E-state index in [9.17, 15) is 9.59 Å². The van der Waals surface area contributed by atoms with Crippen LogP contribution in [0.15, 0.2) is 47.6 Å². The Balaban J connectivity index is 1.48. The van der Waals surface area contributed by atoms with E-state index >= 15 is 0 Å². The van der Waals surface area contributed by atoms with Crippen LogP contribution in [0.25, 0.3) is 0 Å². The third-order valence-corrected chi connectivity index (χ3v) is 4.86. The molecule has 0 atom stereocenters. The lowest BCUT2D eigenvalue weighted by molar-refractivity contribution is -0.120. The summed E-state index contributed by atoms with van der Waals surface area (Å²) in [5.74, 6) is 1.30. The number of methoxy groups -OCH3 is 1. The molecule has 3 amide bonds. The van der Waals surface area contributed by atoms with Gasteiger partial charge in [-0.3, -0.25) is 9.69 Å². The number of nitrogens with zero attached hydrogens (tertiary/aromatic N) is 2. The van der Waals surface area contributed by atoms with Crippen LogP contribution >= 0.6 is 11.8 Å². The average Bonchev–Trinajstić information content (AvgIpc) is 2.70. The Labute approximate surface area is 156 Å². The summed E-state index contributed by atoms with van der Waals surface area (Å²) in [5.41, 5.74) is 1.73. The summed E-state index contributed by atoms with van der Waals surface area (Å²) >= 11 is 1.62. The summed E-state index contributed by atoms with van der Waals surface area (Å²) in [7, 11) is 1.61. The topological polar surface area (TPSA) is 83.6 Å². The summed E-state index contributed by atoms with van der Waals surface area (Å²) in [5, 5.41) is 6.28. The van der Waals surface area contributed by atoms with Gasteiger partial charge in [-0.25, -0.2) is 9.78 Å². The van der Waals surface area contributed by atoms with Crippen LogP contribution in [-0.2, 0) is 11.3 Å². The van der Waals surface area contributed by atoms with E-state index in [0.29, 0.717) is 13.1 Å². The van der Waals surface area contributed by atoms with Crippen molar-refractivity contribution in [3.05, 3.63) is 48.2 Å². The quantitative estimate of drug-likeness (QED) is 0.839. The number of thioether (sulfide) groups is 1. The van der Waals surface area contributed by atoms with Crippen molar-refractivity contribution in [1.29, 1.82) is 0 Å². The standard InChI is InChI=1S/C18H20N4O3S/c1-25-14-6-4-13(5-7-14)11-20-16(23)12-21-18(24)22-9-10-26-17-15(22)3-2-8-19-17/h2-8H,9-12H2,1H3,(H,20,23)(H,21,24). The predicted octanol–water partition coefficient (Wildman–Crippen LogP) is 2.03. The van der Waals surface area contributed by atoms with Crippen LogP contribution < -0.4 is 20.3 Å². The van der Waals surface area contributed by atoms with E-state index in [2.05, 4.69) is 15.6 Å². The minimum atomic E-state index is -0.292. The Bertz CT molecular complexity index is 782. The van der Waals surface area contributed by atoms with Crippen LogP contribution in [0.2, 0.25) is 0 Å². The van der Waals surface area contributed by atoms with E-state index < -0.39 is 0 Å². The van der Waals surface area contributed by atoms with E-state index in [0.717, 1.165) is 27.8 Å². The molecule has 2 N–H and O–H groups in total. The number of urea groups is 1. The van der Waals surface area contributed by atoms with Gasteiger partial charge in [0.1, 0.15) is 10.8 Å². The number of pyridine rings is 1. The monoisotopic (exact) mass is 372 g/mol. The van der Waals surface area contributed by atoms with Crippen molar-refractivity contribution in [1.82, 2.24) is 15.6 Å². The van der Waals surface area contributed by atoms with Gasteiger partial charge >= 0.3 is 6.03 Å². The Morgan fingerprint density at radius 1 is 1.23 bits per heavy atom. The molecule has 0 fully saturated rings. The molecule has 0 bridgehead atoms. The van der Waals surface area contributed by atoms with Crippen molar-refractivity contribution >= 4 is 29.4 Å². The number of carbonyl (C=O) groups excluding carboxylic acids is 2. The molecule has 0 spiro atoms. The maximum Gasteiger partial charge on any atom is 0.322 e. The minimum Gasteiger partial charge on any atom is -0.497 e. The molecule has 0 radical (unpaired) electrons. The largest absolute Gasteiger partial charge is 0.497 e. The summed E-state index contributed by atoms with van der Waals surface area (Å²) in [6, 6.07) is 10.8. The van der Waals surface area contributed by atoms with Crippen LogP contribution in [-0.4, -0.2) is 42.9 Å². The van der Waals surface area contributed by atoms with Gasteiger partial charge in [0, 0.05) is 25.0 Å². The Morgan fingerprint density at radius 2 is 2.04 bits per heavy atom. The highest BCUT2D eigenvalue weighted by molar-refractivity contribution is 7.99. The number of hydrogen-bond acceptors (Lipinski definition) is 5. The van der Waals surface area contributed by atoms with Gasteiger partial charge in [-0.05, 0) is 29.8 Å². The van der Waals surface area contributed by atoms with Crippen LogP contribution in [0, 0.1) is 0 Å². The summed E-state index contributed by atoms with van der Waals surface area (Å²) in [4.78, 5) is 30.3. The number of ether oxygens (including phenoxy) is 1. The molecule has 2 aromatic rings. The number of fused-ring (bicyclic) bond motifs is 1. The van der Waals surface area contributed by atoms with Crippen molar-refractivity contribution in [2.45, 2.75) is 11.6 Å². The smallest absolute Gasteiger partial charge is 0.322 e. The number of hydrogen-bond donors (Lipinski definition) is 2.